The molecular formula is C15H17N3O5S. The number of aryl methyl sites for hydroxylation is 1. The molecule has 9 heteroatoms. The van der Waals surface area contributed by atoms with Gasteiger partial charge < -0.3 is 4.42 Å². The molecule has 24 heavy (non-hydrogen) atoms. The van der Waals surface area contributed by atoms with Gasteiger partial charge in [-0.3, -0.25) is 20.4 Å². The van der Waals surface area contributed by atoms with Gasteiger partial charge in [0.25, 0.3) is 11.8 Å². The third kappa shape index (κ3) is 4.00. The van der Waals surface area contributed by atoms with E-state index in [2.05, 4.69) is 15.6 Å². The van der Waals surface area contributed by atoms with Gasteiger partial charge in [0.2, 0.25) is 10.0 Å². The summed E-state index contributed by atoms with van der Waals surface area (Å²) >= 11 is 0. The monoisotopic (exact) mass is 351 g/mol. The SMILES string of the molecule is CCNS(=O)(=O)c1cccc(C(=O)NNC(=O)c2ccoc2C)c1. The van der Waals surface area contributed by atoms with Crippen LogP contribution in [0.2, 0.25) is 0 Å². The number of benzene rings is 1. The van der Waals surface area contributed by atoms with Crippen LogP contribution in [0.4, 0.5) is 0 Å². The molecule has 0 fully saturated rings. The number of amides is 2. The first-order valence-corrected chi connectivity index (χ1v) is 8.58. The van der Waals surface area contributed by atoms with Crippen molar-refractivity contribution in [2.45, 2.75) is 18.7 Å². The standard InChI is InChI=1S/C15H17N3O5S/c1-3-16-24(21,22)12-6-4-5-11(9-12)14(19)17-18-15(20)13-7-8-23-10(13)2/h4-9,16H,3H2,1-2H3,(H,17,19)(H,18,20). The zero-order valence-electron chi connectivity index (χ0n) is 13.1. The van der Waals surface area contributed by atoms with Crippen molar-refractivity contribution in [1.29, 1.82) is 0 Å². The van der Waals surface area contributed by atoms with E-state index in [1.165, 1.54) is 36.6 Å². The van der Waals surface area contributed by atoms with E-state index in [1.807, 2.05) is 0 Å². The zero-order valence-corrected chi connectivity index (χ0v) is 13.9. The molecule has 2 rings (SSSR count). The van der Waals surface area contributed by atoms with Crippen molar-refractivity contribution in [3.63, 3.8) is 0 Å². The highest BCUT2D eigenvalue weighted by Gasteiger charge is 2.16. The number of nitrogens with one attached hydrogen (secondary N) is 3. The Hall–Kier alpha value is -2.65. The van der Waals surface area contributed by atoms with Gasteiger partial charge in [0, 0.05) is 12.1 Å². The quantitative estimate of drug-likeness (QED) is 0.694. The fourth-order valence-electron chi connectivity index (χ4n) is 1.95. The Kier molecular flexibility index (Phi) is 5.37. The van der Waals surface area contributed by atoms with E-state index >= 15 is 0 Å². The Bertz CT molecular complexity index is 857. The molecule has 128 valence electrons. The Labute approximate surface area is 139 Å². The molecule has 1 aromatic heterocycles. The first-order valence-electron chi connectivity index (χ1n) is 7.09. The van der Waals surface area contributed by atoms with Crippen molar-refractivity contribution < 1.29 is 22.4 Å². The molecule has 0 unspecified atom stereocenters. The number of rotatable bonds is 5. The maximum atomic E-state index is 12.1. The van der Waals surface area contributed by atoms with Crippen LogP contribution < -0.4 is 15.6 Å². The summed E-state index contributed by atoms with van der Waals surface area (Å²) < 4.78 is 31.2. The van der Waals surface area contributed by atoms with Crippen molar-refractivity contribution in [2.24, 2.45) is 0 Å². The molecular weight excluding hydrogens is 334 g/mol. The molecule has 0 saturated heterocycles. The van der Waals surface area contributed by atoms with Crippen molar-refractivity contribution in [3.05, 3.63) is 53.5 Å². The molecule has 1 aromatic carbocycles. The molecule has 0 radical (unpaired) electrons. The van der Waals surface area contributed by atoms with Crippen LogP contribution in [-0.2, 0) is 10.0 Å². The highest BCUT2D eigenvalue weighted by Crippen LogP contribution is 2.11. The topological polar surface area (TPSA) is 118 Å². The summed E-state index contributed by atoms with van der Waals surface area (Å²) in [6, 6.07) is 6.96. The Morgan fingerprint density at radius 3 is 2.46 bits per heavy atom. The lowest BCUT2D eigenvalue weighted by molar-refractivity contribution is 0.0845. The van der Waals surface area contributed by atoms with Crippen LogP contribution in [0.1, 0.15) is 33.4 Å². The molecule has 0 saturated carbocycles. The maximum absolute atomic E-state index is 12.1. The summed E-state index contributed by atoms with van der Waals surface area (Å²) in [5, 5.41) is 0. The molecule has 0 bridgehead atoms. The summed E-state index contributed by atoms with van der Waals surface area (Å²) in [6.45, 7) is 3.51. The fourth-order valence-corrected chi connectivity index (χ4v) is 3.04. The summed E-state index contributed by atoms with van der Waals surface area (Å²) in [7, 11) is -3.67. The van der Waals surface area contributed by atoms with E-state index in [4.69, 9.17) is 4.42 Å². The van der Waals surface area contributed by atoms with Gasteiger partial charge in [-0.15, -0.1) is 0 Å². The molecule has 3 N–H and O–H groups in total. The Morgan fingerprint density at radius 2 is 1.83 bits per heavy atom. The van der Waals surface area contributed by atoms with E-state index in [0.717, 1.165) is 0 Å². The minimum absolute atomic E-state index is 0.0333. The lowest BCUT2D eigenvalue weighted by Gasteiger charge is -2.09. The smallest absolute Gasteiger partial charge is 0.273 e. The van der Waals surface area contributed by atoms with Gasteiger partial charge >= 0.3 is 0 Å². The number of carbonyl (C=O) groups is 2. The maximum Gasteiger partial charge on any atom is 0.273 e. The van der Waals surface area contributed by atoms with Gasteiger partial charge in [-0.05, 0) is 31.2 Å². The van der Waals surface area contributed by atoms with Crippen LogP contribution >= 0.6 is 0 Å². The minimum atomic E-state index is -3.67. The second-order valence-electron chi connectivity index (χ2n) is 4.83. The summed E-state index contributed by atoms with van der Waals surface area (Å²) in [6.07, 6.45) is 1.36. The first kappa shape index (κ1) is 17.7. The average Bonchev–Trinajstić information content (AvgIpc) is 2.98. The second kappa shape index (κ2) is 7.28. The van der Waals surface area contributed by atoms with E-state index in [9.17, 15) is 18.0 Å². The van der Waals surface area contributed by atoms with Gasteiger partial charge in [0.1, 0.15) is 5.76 Å². The molecule has 8 nitrogen and oxygen atoms in total. The molecule has 2 aromatic rings. The summed E-state index contributed by atoms with van der Waals surface area (Å²) in [5.41, 5.74) is 4.86. The number of hydrogen-bond donors (Lipinski definition) is 3. The number of furan rings is 1. The van der Waals surface area contributed by atoms with Gasteiger partial charge in [0.15, 0.2) is 0 Å². The van der Waals surface area contributed by atoms with Crippen LogP contribution in [0.3, 0.4) is 0 Å². The second-order valence-corrected chi connectivity index (χ2v) is 6.59. The largest absolute Gasteiger partial charge is 0.469 e. The van der Waals surface area contributed by atoms with Crippen molar-refractivity contribution in [2.75, 3.05) is 6.54 Å². The van der Waals surface area contributed by atoms with Crippen LogP contribution in [0.5, 0.6) is 0 Å². The number of hydrazine groups is 1. The van der Waals surface area contributed by atoms with Crippen LogP contribution in [0, 0.1) is 6.92 Å². The van der Waals surface area contributed by atoms with Crippen molar-refractivity contribution >= 4 is 21.8 Å². The molecule has 0 atom stereocenters. The van der Waals surface area contributed by atoms with Crippen molar-refractivity contribution in [3.8, 4) is 0 Å². The third-order valence-electron chi connectivity index (χ3n) is 3.13. The fraction of sp³-hybridized carbons (Fsp3) is 0.200. The van der Waals surface area contributed by atoms with Gasteiger partial charge in [-0.25, -0.2) is 13.1 Å². The zero-order chi connectivity index (χ0) is 17.7. The van der Waals surface area contributed by atoms with Crippen molar-refractivity contribution in [1.82, 2.24) is 15.6 Å². The molecule has 0 spiro atoms. The van der Waals surface area contributed by atoms with Gasteiger partial charge in [-0.1, -0.05) is 13.0 Å². The lowest BCUT2D eigenvalue weighted by atomic mass is 10.2. The summed E-state index contributed by atoms with van der Waals surface area (Å²) in [4.78, 5) is 23.9. The van der Waals surface area contributed by atoms with E-state index in [1.54, 1.807) is 13.8 Å². The Morgan fingerprint density at radius 1 is 1.12 bits per heavy atom. The summed E-state index contributed by atoms with van der Waals surface area (Å²) in [5.74, 6) is -0.760. The molecule has 0 aliphatic heterocycles. The first-order chi connectivity index (χ1) is 11.3. The normalized spacial score (nSPS) is 11.1. The predicted molar refractivity (Wildman–Crippen MR) is 85.7 cm³/mol. The molecule has 0 aliphatic carbocycles. The lowest BCUT2D eigenvalue weighted by Crippen LogP contribution is -2.41. The molecule has 1 heterocycles. The van der Waals surface area contributed by atoms with E-state index in [-0.39, 0.29) is 17.0 Å². The minimum Gasteiger partial charge on any atom is -0.469 e. The third-order valence-corrected chi connectivity index (χ3v) is 4.68. The van der Waals surface area contributed by atoms with E-state index in [0.29, 0.717) is 11.3 Å². The van der Waals surface area contributed by atoms with Gasteiger partial charge in [0.05, 0.1) is 16.7 Å². The molecule has 2 amide bonds. The molecule has 0 aliphatic rings. The van der Waals surface area contributed by atoms with Gasteiger partial charge in [-0.2, -0.15) is 0 Å². The number of carbonyl (C=O) groups excluding carboxylic acids is 2. The number of hydrogen-bond acceptors (Lipinski definition) is 5. The van der Waals surface area contributed by atoms with Crippen LogP contribution in [0.15, 0.2) is 45.9 Å². The Balaban J connectivity index is 2.08. The average molecular weight is 351 g/mol. The van der Waals surface area contributed by atoms with Crippen LogP contribution in [0.25, 0.3) is 0 Å². The number of sulfonamides is 1. The highest BCUT2D eigenvalue weighted by atomic mass is 32.2. The van der Waals surface area contributed by atoms with E-state index < -0.39 is 21.8 Å². The van der Waals surface area contributed by atoms with Crippen LogP contribution in [-0.4, -0.2) is 26.8 Å². The predicted octanol–water partition coefficient (Wildman–Crippen LogP) is 0.961. The highest BCUT2D eigenvalue weighted by molar-refractivity contribution is 7.89.